The van der Waals surface area contributed by atoms with Crippen LogP contribution < -0.4 is 5.73 Å². The molecule has 1 saturated heterocycles. The quantitative estimate of drug-likeness (QED) is 0.776. The van der Waals surface area contributed by atoms with Crippen molar-refractivity contribution in [1.29, 1.82) is 0 Å². The maximum Gasteiger partial charge on any atom is 0.225 e. The largest absolute Gasteiger partial charge is 0.339 e. The summed E-state index contributed by atoms with van der Waals surface area (Å²) < 4.78 is 0. The van der Waals surface area contributed by atoms with Gasteiger partial charge in [0.25, 0.3) is 0 Å². The summed E-state index contributed by atoms with van der Waals surface area (Å²) in [5.74, 6) is 1.46. The second-order valence-corrected chi connectivity index (χ2v) is 6.56. The van der Waals surface area contributed by atoms with Crippen LogP contribution in [0.3, 0.4) is 0 Å². The molecule has 18 heavy (non-hydrogen) atoms. The Hall–Kier alpha value is -0.570. The Morgan fingerprint density at radius 2 is 1.78 bits per heavy atom. The van der Waals surface area contributed by atoms with Crippen molar-refractivity contribution in [3.05, 3.63) is 0 Å². The summed E-state index contributed by atoms with van der Waals surface area (Å²) >= 11 is 0. The molecule has 3 rings (SSSR count). The van der Waals surface area contributed by atoms with Crippen molar-refractivity contribution in [3.8, 4) is 0 Å². The molecule has 3 fully saturated rings. The Balaban J connectivity index is 1.68. The van der Waals surface area contributed by atoms with Crippen LogP contribution in [0.5, 0.6) is 0 Å². The number of fused-ring (bicyclic) bond motifs is 1. The minimum atomic E-state index is 0.237. The monoisotopic (exact) mass is 250 g/mol. The summed E-state index contributed by atoms with van der Waals surface area (Å²) in [4.78, 5) is 14.9. The molecule has 0 aromatic rings. The molecule has 4 atom stereocenters. The molecule has 3 heteroatoms. The standard InChI is InChI=1S/C15H26N2O/c16-13-8-7-12(10-13)15(18)17-9-3-5-11-4-1-2-6-14(11)17/h11-14H,1-10,16H2. The molecule has 3 nitrogen and oxygen atoms in total. The lowest BCUT2D eigenvalue weighted by molar-refractivity contribution is -0.141. The fourth-order valence-electron chi connectivity index (χ4n) is 4.37. The number of piperidine rings is 1. The molecule has 2 N–H and O–H groups in total. The fourth-order valence-corrected chi connectivity index (χ4v) is 4.37. The van der Waals surface area contributed by atoms with Gasteiger partial charge in [0.2, 0.25) is 5.91 Å². The molecule has 0 radical (unpaired) electrons. The first-order chi connectivity index (χ1) is 8.75. The predicted octanol–water partition coefficient (Wildman–Crippen LogP) is 2.29. The smallest absolute Gasteiger partial charge is 0.225 e. The SMILES string of the molecule is NC1CCC(C(=O)N2CCCC3CCCCC32)C1. The molecule has 0 bridgehead atoms. The summed E-state index contributed by atoms with van der Waals surface area (Å²) in [6.07, 6.45) is 10.8. The molecule has 1 aliphatic heterocycles. The van der Waals surface area contributed by atoms with E-state index in [4.69, 9.17) is 5.73 Å². The number of amides is 1. The van der Waals surface area contributed by atoms with Crippen LogP contribution >= 0.6 is 0 Å². The summed E-state index contributed by atoms with van der Waals surface area (Å²) in [6, 6.07) is 0.836. The number of likely N-dealkylation sites (tertiary alicyclic amines) is 1. The highest BCUT2D eigenvalue weighted by Gasteiger charge is 2.39. The fraction of sp³-hybridized carbons (Fsp3) is 0.933. The summed E-state index contributed by atoms with van der Waals surface area (Å²) in [5, 5.41) is 0. The van der Waals surface area contributed by atoms with Gasteiger partial charge in [0, 0.05) is 24.5 Å². The van der Waals surface area contributed by atoms with Gasteiger partial charge in [-0.05, 0) is 50.9 Å². The van der Waals surface area contributed by atoms with E-state index in [1.807, 2.05) is 0 Å². The van der Waals surface area contributed by atoms with Gasteiger partial charge in [-0.25, -0.2) is 0 Å². The summed E-state index contributed by atoms with van der Waals surface area (Å²) in [7, 11) is 0. The van der Waals surface area contributed by atoms with Crippen molar-refractivity contribution in [2.75, 3.05) is 6.54 Å². The highest BCUT2D eigenvalue weighted by molar-refractivity contribution is 5.79. The normalized spacial score (nSPS) is 40.6. The molecule has 4 unspecified atom stereocenters. The summed E-state index contributed by atoms with van der Waals surface area (Å²) in [5.41, 5.74) is 5.95. The van der Waals surface area contributed by atoms with Gasteiger partial charge in [-0.2, -0.15) is 0 Å². The second kappa shape index (κ2) is 5.20. The van der Waals surface area contributed by atoms with Gasteiger partial charge in [-0.15, -0.1) is 0 Å². The average molecular weight is 250 g/mol. The minimum Gasteiger partial charge on any atom is -0.339 e. The van der Waals surface area contributed by atoms with Crippen molar-refractivity contribution >= 4 is 5.91 Å². The van der Waals surface area contributed by atoms with Gasteiger partial charge in [-0.3, -0.25) is 4.79 Å². The Morgan fingerprint density at radius 1 is 1.00 bits per heavy atom. The number of nitrogens with zero attached hydrogens (tertiary/aromatic N) is 1. The number of hydrogen-bond acceptors (Lipinski definition) is 2. The number of carbonyl (C=O) groups is 1. The molecule has 0 spiro atoms. The third-order valence-corrected chi connectivity index (χ3v) is 5.35. The number of carbonyl (C=O) groups excluding carboxylic acids is 1. The first kappa shape index (κ1) is 12.5. The topological polar surface area (TPSA) is 46.3 Å². The highest BCUT2D eigenvalue weighted by atomic mass is 16.2. The van der Waals surface area contributed by atoms with Gasteiger partial charge in [0.1, 0.15) is 0 Å². The van der Waals surface area contributed by atoms with Crippen LogP contribution in [0.2, 0.25) is 0 Å². The molecule has 2 aliphatic carbocycles. The molecular weight excluding hydrogens is 224 g/mol. The lowest BCUT2D eigenvalue weighted by Crippen LogP contribution is -2.51. The van der Waals surface area contributed by atoms with Crippen LogP contribution in [-0.2, 0) is 4.79 Å². The van der Waals surface area contributed by atoms with Gasteiger partial charge in [0.05, 0.1) is 0 Å². The van der Waals surface area contributed by atoms with E-state index in [1.54, 1.807) is 0 Å². The number of nitrogens with two attached hydrogens (primary N) is 1. The zero-order valence-corrected chi connectivity index (χ0v) is 11.3. The second-order valence-electron chi connectivity index (χ2n) is 6.56. The average Bonchev–Trinajstić information content (AvgIpc) is 2.84. The van der Waals surface area contributed by atoms with Gasteiger partial charge >= 0.3 is 0 Å². The molecule has 0 aromatic heterocycles. The lowest BCUT2D eigenvalue weighted by atomic mass is 9.78. The van der Waals surface area contributed by atoms with Crippen LogP contribution in [0.15, 0.2) is 0 Å². The highest BCUT2D eigenvalue weighted by Crippen LogP contribution is 2.37. The third-order valence-electron chi connectivity index (χ3n) is 5.35. The molecular formula is C15H26N2O. The molecule has 1 heterocycles. The Morgan fingerprint density at radius 3 is 2.56 bits per heavy atom. The Labute approximate surface area is 110 Å². The van der Waals surface area contributed by atoms with Crippen molar-refractivity contribution in [1.82, 2.24) is 4.90 Å². The van der Waals surface area contributed by atoms with Crippen LogP contribution in [0, 0.1) is 11.8 Å². The van der Waals surface area contributed by atoms with Crippen LogP contribution in [-0.4, -0.2) is 29.4 Å². The van der Waals surface area contributed by atoms with E-state index in [-0.39, 0.29) is 12.0 Å². The van der Waals surface area contributed by atoms with Crippen molar-refractivity contribution in [2.45, 2.75) is 69.9 Å². The molecule has 3 aliphatic rings. The van der Waals surface area contributed by atoms with Gasteiger partial charge in [-0.1, -0.05) is 12.8 Å². The molecule has 1 amide bonds. The van der Waals surface area contributed by atoms with Gasteiger partial charge in [0.15, 0.2) is 0 Å². The maximum atomic E-state index is 12.7. The summed E-state index contributed by atoms with van der Waals surface area (Å²) in [6.45, 7) is 1.01. The third kappa shape index (κ3) is 2.29. The van der Waals surface area contributed by atoms with Crippen LogP contribution in [0.4, 0.5) is 0 Å². The molecule has 0 aromatic carbocycles. The Kier molecular flexibility index (Phi) is 3.60. The van der Waals surface area contributed by atoms with E-state index in [0.717, 1.165) is 31.7 Å². The van der Waals surface area contributed by atoms with E-state index in [9.17, 15) is 4.79 Å². The van der Waals surface area contributed by atoms with E-state index in [2.05, 4.69) is 4.90 Å². The van der Waals surface area contributed by atoms with Crippen molar-refractivity contribution in [3.63, 3.8) is 0 Å². The molecule has 102 valence electrons. The van der Waals surface area contributed by atoms with E-state index in [1.165, 1.54) is 38.5 Å². The van der Waals surface area contributed by atoms with E-state index in [0.29, 0.717) is 11.9 Å². The maximum absolute atomic E-state index is 12.7. The van der Waals surface area contributed by atoms with Crippen molar-refractivity contribution < 1.29 is 4.79 Å². The van der Waals surface area contributed by atoms with Crippen LogP contribution in [0.25, 0.3) is 0 Å². The van der Waals surface area contributed by atoms with Crippen LogP contribution in [0.1, 0.15) is 57.8 Å². The van der Waals surface area contributed by atoms with Gasteiger partial charge < -0.3 is 10.6 Å². The minimum absolute atomic E-state index is 0.237. The number of hydrogen-bond donors (Lipinski definition) is 1. The van der Waals surface area contributed by atoms with E-state index >= 15 is 0 Å². The lowest BCUT2D eigenvalue weighted by Gasteiger charge is -2.45. The zero-order chi connectivity index (χ0) is 12.5. The zero-order valence-electron chi connectivity index (χ0n) is 11.3. The molecule has 2 saturated carbocycles. The van der Waals surface area contributed by atoms with E-state index < -0.39 is 0 Å². The number of rotatable bonds is 1. The predicted molar refractivity (Wildman–Crippen MR) is 72.0 cm³/mol. The van der Waals surface area contributed by atoms with Crippen molar-refractivity contribution in [2.24, 2.45) is 17.6 Å². The first-order valence-electron chi connectivity index (χ1n) is 7.82. The Bertz CT molecular complexity index is 316. The first-order valence-corrected chi connectivity index (χ1v) is 7.82.